The molecule has 7 nitrogen and oxygen atoms in total. The SMILES string of the molecule is COC(=O)CC1CCN(C(=O)Cc2c(C)nc3c4ccccc4nn3c2C)CC1. The second-order valence-electron chi connectivity index (χ2n) is 7.79. The van der Waals surface area contributed by atoms with E-state index >= 15 is 0 Å². The molecule has 2 aromatic heterocycles. The van der Waals surface area contributed by atoms with Gasteiger partial charge < -0.3 is 9.64 Å². The van der Waals surface area contributed by atoms with Crippen LogP contribution in [0.15, 0.2) is 24.3 Å². The van der Waals surface area contributed by atoms with Crippen molar-refractivity contribution >= 4 is 28.4 Å². The normalized spacial score (nSPS) is 15.2. The number of aromatic nitrogens is 3. The molecule has 3 heterocycles. The second kappa shape index (κ2) is 7.81. The summed E-state index contributed by atoms with van der Waals surface area (Å²) in [6, 6.07) is 7.94. The van der Waals surface area contributed by atoms with Gasteiger partial charge in [-0.15, -0.1) is 0 Å². The van der Waals surface area contributed by atoms with Crippen molar-refractivity contribution in [2.45, 2.75) is 39.5 Å². The van der Waals surface area contributed by atoms with Gasteiger partial charge in [0.15, 0.2) is 5.65 Å². The fourth-order valence-corrected chi connectivity index (χ4v) is 4.20. The van der Waals surface area contributed by atoms with Crippen molar-refractivity contribution in [3.05, 3.63) is 41.2 Å². The fraction of sp³-hybridized carbons (Fsp3) is 0.455. The highest BCUT2D eigenvalue weighted by molar-refractivity contribution is 5.92. The standard InChI is InChI=1S/C22H26N4O3/c1-14-18(13-20(27)25-10-8-16(9-11-25)12-21(28)29-3)15(2)26-22(23-14)17-6-4-5-7-19(17)24-26/h4-7,16H,8-13H2,1-3H3. The van der Waals surface area contributed by atoms with Gasteiger partial charge in [0, 0.05) is 41.8 Å². The molecule has 1 saturated heterocycles. The number of rotatable bonds is 4. The lowest BCUT2D eigenvalue weighted by Gasteiger charge is -2.31. The van der Waals surface area contributed by atoms with E-state index in [1.807, 2.05) is 47.5 Å². The zero-order valence-corrected chi connectivity index (χ0v) is 17.1. The van der Waals surface area contributed by atoms with E-state index in [-0.39, 0.29) is 11.9 Å². The van der Waals surface area contributed by atoms with Crippen LogP contribution in [-0.2, 0) is 20.7 Å². The number of amides is 1. The molecular formula is C22H26N4O3. The summed E-state index contributed by atoms with van der Waals surface area (Å²) in [7, 11) is 1.42. The van der Waals surface area contributed by atoms with Crippen LogP contribution in [0.2, 0.25) is 0 Å². The molecule has 0 bridgehead atoms. The van der Waals surface area contributed by atoms with E-state index in [0.717, 1.165) is 46.3 Å². The van der Waals surface area contributed by atoms with Gasteiger partial charge in [0.25, 0.3) is 0 Å². The maximum atomic E-state index is 12.9. The lowest BCUT2D eigenvalue weighted by Crippen LogP contribution is -2.40. The smallest absolute Gasteiger partial charge is 0.305 e. The van der Waals surface area contributed by atoms with Gasteiger partial charge in [-0.25, -0.2) is 9.50 Å². The summed E-state index contributed by atoms with van der Waals surface area (Å²) in [4.78, 5) is 31.1. The van der Waals surface area contributed by atoms with Gasteiger partial charge in [0.05, 0.1) is 19.0 Å². The summed E-state index contributed by atoms with van der Waals surface area (Å²) in [5, 5.41) is 5.69. The lowest BCUT2D eigenvalue weighted by molar-refractivity contribution is -0.142. The number of fused-ring (bicyclic) bond motifs is 3. The van der Waals surface area contributed by atoms with E-state index < -0.39 is 0 Å². The number of piperidine rings is 1. The minimum absolute atomic E-state index is 0.102. The first kappa shape index (κ1) is 19.4. The Kier molecular flexibility index (Phi) is 5.22. The van der Waals surface area contributed by atoms with Crippen molar-refractivity contribution in [3.8, 4) is 0 Å². The Hall–Kier alpha value is -2.96. The van der Waals surface area contributed by atoms with Crippen LogP contribution in [0.25, 0.3) is 16.6 Å². The third-order valence-corrected chi connectivity index (χ3v) is 6.00. The highest BCUT2D eigenvalue weighted by atomic mass is 16.5. The summed E-state index contributed by atoms with van der Waals surface area (Å²) >= 11 is 0. The van der Waals surface area contributed by atoms with Crippen LogP contribution in [-0.4, -0.2) is 51.6 Å². The number of methoxy groups -OCH3 is 1. The van der Waals surface area contributed by atoms with Crippen molar-refractivity contribution in [2.75, 3.05) is 20.2 Å². The number of ether oxygens (including phenoxy) is 1. The lowest BCUT2D eigenvalue weighted by atomic mass is 9.93. The minimum Gasteiger partial charge on any atom is -0.469 e. The van der Waals surface area contributed by atoms with Gasteiger partial charge in [-0.3, -0.25) is 9.59 Å². The number of nitrogens with zero attached hydrogens (tertiary/aromatic N) is 4. The highest BCUT2D eigenvalue weighted by Crippen LogP contribution is 2.24. The maximum Gasteiger partial charge on any atom is 0.305 e. The first-order valence-corrected chi connectivity index (χ1v) is 10.1. The van der Waals surface area contributed by atoms with E-state index in [9.17, 15) is 9.59 Å². The Labute approximate surface area is 169 Å². The molecule has 152 valence electrons. The van der Waals surface area contributed by atoms with Crippen molar-refractivity contribution in [3.63, 3.8) is 0 Å². The largest absolute Gasteiger partial charge is 0.469 e. The average molecular weight is 394 g/mol. The maximum absolute atomic E-state index is 12.9. The number of esters is 1. The first-order valence-electron chi connectivity index (χ1n) is 10.1. The molecule has 0 radical (unpaired) electrons. The van der Waals surface area contributed by atoms with Crippen LogP contribution >= 0.6 is 0 Å². The topological polar surface area (TPSA) is 76.8 Å². The summed E-state index contributed by atoms with van der Waals surface area (Å²) < 4.78 is 6.60. The predicted octanol–water partition coefficient (Wildman–Crippen LogP) is 2.84. The molecule has 0 atom stereocenters. The Morgan fingerprint density at radius 3 is 2.62 bits per heavy atom. The number of aryl methyl sites for hydroxylation is 2. The number of carbonyl (C=O) groups excluding carboxylic acids is 2. The van der Waals surface area contributed by atoms with E-state index in [4.69, 9.17) is 9.72 Å². The molecule has 1 amide bonds. The van der Waals surface area contributed by atoms with Gasteiger partial charge in [0.2, 0.25) is 5.91 Å². The van der Waals surface area contributed by atoms with E-state index in [1.165, 1.54) is 7.11 Å². The van der Waals surface area contributed by atoms with Crippen LogP contribution in [0.5, 0.6) is 0 Å². The van der Waals surface area contributed by atoms with E-state index in [2.05, 4.69) is 5.10 Å². The zero-order chi connectivity index (χ0) is 20.5. The van der Waals surface area contributed by atoms with Crippen LogP contribution in [0.4, 0.5) is 0 Å². The molecule has 1 fully saturated rings. The monoisotopic (exact) mass is 394 g/mol. The molecule has 3 aromatic rings. The summed E-state index contributed by atoms with van der Waals surface area (Å²) in [6.45, 7) is 5.32. The van der Waals surface area contributed by atoms with Gasteiger partial charge >= 0.3 is 5.97 Å². The number of hydrogen-bond acceptors (Lipinski definition) is 5. The number of hydrogen-bond donors (Lipinski definition) is 0. The summed E-state index contributed by atoms with van der Waals surface area (Å²) in [5.74, 6) is 0.224. The quantitative estimate of drug-likeness (QED) is 0.636. The molecule has 0 N–H and O–H groups in total. The fourth-order valence-electron chi connectivity index (χ4n) is 4.20. The molecule has 0 aliphatic carbocycles. The average Bonchev–Trinajstić information content (AvgIpc) is 3.10. The van der Waals surface area contributed by atoms with Gasteiger partial charge in [-0.05, 0) is 44.7 Å². The zero-order valence-electron chi connectivity index (χ0n) is 17.1. The molecule has 1 aromatic carbocycles. The van der Waals surface area contributed by atoms with Crippen molar-refractivity contribution in [1.82, 2.24) is 19.5 Å². The van der Waals surface area contributed by atoms with Crippen LogP contribution in [0.1, 0.15) is 36.2 Å². The van der Waals surface area contributed by atoms with Crippen molar-refractivity contribution in [1.29, 1.82) is 0 Å². The van der Waals surface area contributed by atoms with Crippen LogP contribution in [0.3, 0.4) is 0 Å². The van der Waals surface area contributed by atoms with Gasteiger partial charge in [0.1, 0.15) is 0 Å². The van der Waals surface area contributed by atoms with Crippen molar-refractivity contribution in [2.24, 2.45) is 5.92 Å². The molecule has 0 spiro atoms. The third kappa shape index (κ3) is 3.69. The molecule has 7 heteroatoms. The Balaban J connectivity index is 1.51. The molecule has 1 aliphatic rings. The molecule has 29 heavy (non-hydrogen) atoms. The first-order chi connectivity index (χ1) is 14.0. The van der Waals surface area contributed by atoms with Gasteiger partial charge in [-0.2, -0.15) is 5.10 Å². The van der Waals surface area contributed by atoms with E-state index in [0.29, 0.717) is 31.8 Å². The Morgan fingerprint density at radius 2 is 1.90 bits per heavy atom. The molecule has 0 saturated carbocycles. The van der Waals surface area contributed by atoms with E-state index in [1.54, 1.807) is 0 Å². The number of likely N-dealkylation sites (tertiary alicyclic amines) is 1. The Morgan fingerprint density at radius 1 is 1.17 bits per heavy atom. The predicted molar refractivity (Wildman–Crippen MR) is 110 cm³/mol. The summed E-state index contributed by atoms with van der Waals surface area (Å²) in [6.07, 6.45) is 2.42. The van der Waals surface area contributed by atoms with Crippen molar-refractivity contribution < 1.29 is 14.3 Å². The number of benzene rings is 1. The third-order valence-electron chi connectivity index (χ3n) is 6.00. The number of carbonyl (C=O) groups is 2. The Bertz CT molecular complexity index is 1080. The minimum atomic E-state index is -0.174. The van der Waals surface area contributed by atoms with Gasteiger partial charge in [-0.1, -0.05) is 12.1 Å². The molecule has 0 unspecified atom stereocenters. The van der Waals surface area contributed by atoms with Crippen LogP contribution in [0, 0.1) is 19.8 Å². The molecule has 1 aliphatic heterocycles. The van der Waals surface area contributed by atoms with Crippen LogP contribution < -0.4 is 0 Å². The molecule has 4 rings (SSSR count). The summed E-state index contributed by atoms with van der Waals surface area (Å²) in [5.41, 5.74) is 4.49. The second-order valence-corrected chi connectivity index (χ2v) is 7.79. The highest BCUT2D eigenvalue weighted by Gasteiger charge is 2.26. The molecular weight excluding hydrogens is 368 g/mol.